The molecule has 1 aliphatic carbocycles. The molecule has 0 radical (unpaired) electrons. The molecule has 2 aliphatic heterocycles. The molecule has 40 heavy (non-hydrogen) atoms. The Labute approximate surface area is 238 Å². The molecule has 0 aromatic heterocycles. The molecule has 0 N–H and O–H groups in total. The minimum atomic E-state index is -0.939. The van der Waals surface area contributed by atoms with Crippen molar-refractivity contribution in [3.05, 3.63) is 23.5 Å². The van der Waals surface area contributed by atoms with Gasteiger partial charge in [0.1, 0.15) is 29.7 Å². The van der Waals surface area contributed by atoms with Gasteiger partial charge in [0.25, 0.3) is 0 Å². The van der Waals surface area contributed by atoms with Gasteiger partial charge in [-0.2, -0.15) is 0 Å². The number of fused-ring (bicyclic) bond motifs is 4. The lowest BCUT2D eigenvalue weighted by molar-refractivity contribution is -0.218. The van der Waals surface area contributed by atoms with E-state index in [9.17, 15) is 19.2 Å². The van der Waals surface area contributed by atoms with Crippen LogP contribution in [0.1, 0.15) is 93.4 Å². The largest absolute Gasteiger partial charge is 0.487 e. The molecule has 8 atom stereocenters. The van der Waals surface area contributed by atoms with E-state index in [0.29, 0.717) is 37.0 Å². The molecule has 0 spiro atoms. The lowest BCUT2D eigenvalue weighted by Crippen LogP contribution is -2.62. The predicted molar refractivity (Wildman–Crippen MR) is 147 cm³/mol. The molecule has 0 unspecified atom stereocenters. The van der Waals surface area contributed by atoms with Crippen LogP contribution < -0.4 is 0 Å². The molecule has 9 heteroatoms. The van der Waals surface area contributed by atoms with Gasteiger partial charge in [-0.3, -0.25) is 19.2 Å². The monoisotopic (exact) mass is 562 g/mol. The fraction of sp³-hybridized carbons (Fsp3) is 0.742. The number of carbonyl (C=O) groups is 4. The van der Waals surface area contributed by atoms with Crippen LogP contribution in [0.15, 0.2) is 23.5 Å². The smallest absolute Gasteiger partial charge is 0.312 e. The lowest BCUT2D eigenvalue weighted by Gasteiger charge is -2.57. The Kier molecular flexibility index (Phi) is 10.1. The Morgan fingerprint density at radius 1 is 1.02 bits per heavy atom. The highest BCUT2D eigenvalue weighted by molar-refractivity contribution is 5.76. The number of hydrogen-bond acceptors (Lipinski definition) is 9. The van der Waals surface area contributed by atoms with E-state index < -0.39 is 53.1 Å². The highest BCUT2D eigenvalue weighted by atomic mass is 16.6. The van der Waals surface area contributed by atoms with Gasteiger partial charge in [-0.25, -0.2) is 0 Å². The van der Waals surface area contributed by atoms with Crippen LogP contribution in [0.25, 0.3) is 0 Å². The van der Waals surface area contributed by atoms with Gasteiger partial charge < -0.3 is 23.7 Å². The molecule has 0 aromatic rings. The number of hydrogen-bond donors (Lipinski definition) is 0. The third-order valence-corrected chi connectivity index (χ3v) is 8.84. The Bertz CT molecular complexity index is 1050. The summed E-state index contributed by atoms with van der Waals surface area (Å²) in [5, 5.41) is 0. The summed E-state index contributed by atoms with van der Waals surface area (Å²) in [7, 11) is 1.34. The standard InChI is InChI=1S/C31H46O9/c1-9-11-25(33)38-22-17-24(37-20(5)32)31(7)23(39-26(34)12-10-2)14-16-30(6)15-13-21(18(3)29(35)36-8)28(40-30)27(31)19(22)4/h13,15,18-19,22-24,27H,9-12,14,16-17H2,1-8H3/t18-,19-,22-,23+,24+,27-,30+,31+/m1/s1. The van der Waals surface area contributed by atoms with Crippen molar-refractivity contribution in [2.75, 3.05) is 7.11 Å². The molecule has 2 fully saturated rings. The molecule has 2 bridgehead atoms. The normalized spacial score (nSPS) is 33.9. The van der Waals surface area contributed by atoms with Crippen LogP contribution in [0, 0.1) is 23.2 Å². The zero-order valence-electron chi connectivity index (χ0n) is 25.2. The third-order valence-electron chi connectivity index (χ3n) is 8.84. The van der Waals surface area contributed by atoms with Crippen LogP contribution in [0.4, 0.5) is 0 Å². The van der Waals surface area contributed by atoms with Crippen LogP contribution in [0.5, 0.6) is 0 Å². The molecule has 1 saturated heterocycles. The third kappa shape index (κ3) is 6.39. The topological polar surface area (TPSA) is 114 Å². The van der Waals surface area contributed by atoms with Gasteiger partial charge >= 0.3 is 23.9 Å². The Morgan fingerprint density at radius 2 is 1.65 bits per heavy atom. The summed E-state index contributed by atoms with van der Waals surface area (Å²) >= 11 is 0. The van der Waals surface area contributed by atoms with Crippen molar-refractivity contribution in [1.29, 1.82) is 0 Å². The molecule has 9 nitrogen and oxygen atoms in total. The van der Waals surface area contributed by atoms with Gasteiger partial charge in [0, 0.05) is 43.6 Å². The first kappa shape index (κ1) is 31.7. The number of esters is 4. The number of ether oxygens (including phenoxy) is 5. The summed E-state index contributed by atoms with van der Waals surface area (Å²) < 4.78 is 30.0. The quantitative estimate of drug-likeness (QED) is 0.276. The van der Waals surface area contributed by atoms with Gasteiger partial charge in [0.2, 0.25) is 0 Å². The second-order valence-electron chi connectivity index (χ2n) is 11.9. The van der Waals surface area contributed by atoms with Crippen LogP contribution in [-0.4, -0.2) is 54.9 Å². The number of methoxy groups -OCH3 is 1. The maximum atomic E-state index is 12.9. The van der Waals surface area contributed by atoms with Crippen LogP contribution in [-0.2, 0) is 42.9 Å². The molecule has 0 aromatic carbocycles. The highest BCUT2D eigenvalue weighted by Crippen LogP contribution is 2.58. The van der Waals surface area contributed by atoms with E-state index in [2.05, 4.69) is 0 Å². The van der Waals surface area contributed by atoms with E-state index in [4.69, 9.17) is 23.7 Å². The fourth-order valence-electron chi connectivity index (χ4n) is 6.62. The van der Waals surface area contributed by atoms with Crippen LogP contribution in [0.3, 0.4) is 0 Å². The van der Waals surface area contributed by atoms with E-state index >= 15 is 0 Å². The Hall–Kier alpha value is -2.84. The summed E-state index contributed by atoms with van der Waals surface area (Å²) in [4.78, 5) is 50.8. The summed E-state index contributed by atoms with van der Waals surface area (Å²) in [5.41, 5.74) is -1.01. The zero-order valence-corrected chi connectivity index (χ0v) is 25.2. The van der Waals surface area contributed by atoms with Gasteiger partial charge in [-0.1, -0.05) is 33.8 Å². The van der Waals surface area contributed by atoms with Crippen molar-refractivity contribution in [1.82, 2.24) is 0 Å². The minimum absolute atomic E-state index is 0.257. The molecular weight excluding hydrogens is 516 g/mol. The van der Waals surface area contributed by atoms with Crippen LogP contribution in [0.2, 0.25) is 0 Å². The first-order valence-electron chi connectivity index (χ1n) is 14.6. The van der Waals surface area contributed by atoms with Crippen molar-refractivity contribution < 1.29 is 42.9 Å². The summed E-state index contributed by atoms with van der Waals surface area (Å²) in [6.45, 7) is 12.8. The fourth-order valence-corrected chi connectivity index (χ4v) is 6.62. The second-order valence-corrected chi connectivity index (χ2v) is 11.9. The Balaban J connectivity index is 2.27. The maximum absolute atomic E-state index is 12.9. The number of allylic oxidation sites excluding steroid dienone is 2. The van der Waals surface area contributed by atoms with Crippen molar-refractivity contribution >= 4 is 23.9 Å². The number of carbonyl (C=O) groups excluding carboxylic acids is 4. The van der Waals surface area contributed by atoms with E-state index in [1.165, 1.54) is 14.0 Å². The summed E-state index contributed by atoms with van der Waals surface area (Å²) in [5.74, 6) is -2.46. The van der Waals surface area contributed by atoms with Gasteiger partial charge in [-0.15, -0.1) is 0 Å². The summed E-state index contributed by atoms with van der Waals surface area (Å²) in [6.07, 6.45) is 5.00. The molecule has 3 rings (SSSR count). The molecule has 3 aliphatic rings. The lowest BCUT2D eigenvalue weighted by atomic mass is 9.55. The van der Waals surface area contributed by atoms with Crippen molar-refractivity contribution in [2.45, 2.75) is 117 Å². The first-order chi connectivity index (χ1) is 18.8. The van der Waals surface area contributed by atoms with E-state index in [-0.39, 0.29) is 37.1 Å². The molecular formula is C31H46O9. The van der Waals surface area contributed by atoms with E-state index in [1.54, 1.807) is 6.92 Å². The van der Waals surface area contributed by atoms with Crippen molar-refractivity contribution in [3.63, 3.8) is 0 Å². The van der Waals surface area contributed by atoms with Gasteiger partial charge in [-0.05, 0) is 45.6 Å². The maximum Gasteiger partial charge on any atom is 0.312 e. The van der Waals surface area contributed by atoms with Gasteiger partial charge in [0.05, 0.1) is 18.4 Å². The molecule has 0 amide bonds. The van der Waals surface area contributed by atoms with E-state index in [0.717, 1.165) is 0 Å². The first-order valence-corrected chi connectivity index (χ1v) is 14.6. The molecule has 1 saturated carbocycles. The number of rotatable bonds is 9. The average Bonchev–Trinajstić information content (AvgIpc) is 2.88. The van der Waals surface area contributed by atoms with Crippen molar-refractivity contribution in [3.8, 4) is 0 Å². The van der Waals surface area contributed by atoms with Gasteiger partial charge in [0.15, 0.2) is 0 Å². The SMILES string of the molecule is CCCC(=O)O[C@H]1CC[C@]2(C)C=CC([C@@H](C)C(=O)OC)=C(O2)[C@H]2[C@H](C)[C@H](OC(=O)CCC)C[C@H](OC(C)=O)[C@]12C. The summed E-state index contributed by atoms with van der Waals surface area (Å²) in [6, 6.07) is 0. The van der Waals surface area contributed by atoms with E-state index in [1.807, 2.05) is 46.8 Å². The predicted octanol–water partition coefficient (Wildman–Crippen LogP) is 5.21. The molecule has 224 valence electrons. The molecule has 2 heterocycles. The zero-order chi connectivity index (χ0) is 29.8. The van der Waals surface area contributed by atoms with Crippen molar-refractivity contribution in [2.24, 2.45) is 23.2 Å². The second kappa shape index (κ2) is 12.8. The minimum Gasteiger partial charge on any atom is -0.487 e. The Morgan fingerprint density at radius 3 is 2.23 bits per heavy atom. The highest BCUT2D eigenvalue weighted by Gasteiger charge is 2.62. The average molecular weight is 563 g/mol. The van der Waals surface area contributed by atoms with Crippen LogP contribution >= 0.6 is 0 Å².